The van der Waals surface area contributed by atoms with E-state index in [1.807, 2.05) is 13.8 Å². The SMILES string of the molecule is CN=C(NCCNC(=O)C(C)C)NCCc1c[nH]c2cccc(C)c12.I. The number of nitrogens with zero attached hydrogens (tertiary/aromatic N) is 1. The molecular formula is C19H30IN5O. The first-order valence-corrected chi connectivity index (χ1v) is 8.80. The quantitative estimate of drug-likeness (QED) is 0.217. The molecular weight excluding hydrogens is 441 g/mol. The number of H-pyrrole nitrogens is 1. The fraction of sp³-hybridized carbons (Fsp3) is 0.474. The van der Waals surface area contributed by atoms with Crippen molar-refractivity contribution in [1.29, 1.82) is 0 Å². The summed E-state index contributed by atoms with van der Waals surface area (Å²) in [5.41, 5.74) is 3.77. The van der Waals surface area contributed by atoms with Gasteiger partial charge in [0.2, 0.25) is 5.91 Å². The molecule has 0 unspecified atom stereocenters. The number of hydrogen-bond acceptors (Lipinski definition) is 2. The fourth-order valence-electron chi connectivity index (χ4n) is 2.76. The average Bonchev–Trinajstić information content (AvgIpc) is 3.01. The number of amides is 1. The Bertz CT molecular complexity index is 739. The average molecular weight is 471 g/mol. The summed E-state index contributed by atoms with van der Waals surface area (Å²) in [6.07, 6.45) is 2.99. The van der Waals surface area contributed by atoms with Gasteiger partial charge >= 0.3 is 0 Å². The number of carbonyl (C=O) groups is 1. The number of aryl methyl sites for hydroxylation is 1. The Hall–Kier alpha value is -1.77. The molecule has 0 spiro atoms. The van der Waals surface area contributed by atoms with Gasteiger partial charge < -0.3 is 20.9 Å². The van der Waals surface area contributed by atoms with Crippen LogP contribution in [-0.2, 0) is 11.2 Å². The van der Waals surface area contributed by atoms with Crippen LogP contribution >= 0.6 is 24.0 Å². The van der Waals surface area contributed by atoms with Crippen molar-refractivity contribution in [2.45, 2.75) is 27.2 Å². The van der Waals surface area contributed by atoms with Crippen LogP contribution in [0.1, 0.15) is 25.0 Å². The number of aromatic amines is 1. The molecule has 144 valence electrons. The Morgan fingerprint density at radius 3 is 2.54 bits per heavy atom. The van der Waals surface area contributed by atoms with Gasteiger partial charge in [-0.1, -0.05) is 26.0 Å². The van der Waals surface area contributed by atoms with Crippen LogP contribution in [0.4, 0.5) is 0 Å². The highest BCUT2D eigenvalue weighted by Crippen LogP contribution is 2.22. The van der Waals surface area contributed by atoms with Crippen molar-refractivity contribution >= 4 is 46.7 Å². The van der Waals surface area contributed by atoms with E-state index in [2.05, 4.69) is 57.2 Å². The lowest BCUT2D eigenvalue weighted by molar-refractivity contribution is -0.123. The number of benzene rings is 1. The number of nitrogens with one attached hydrogen (secondary N) is 4. The van der Waals surface area contributed by atoms with Gasteiger partial charge in [-0.15, -0.1) is 24.0 Å². The summed E-state index contributed by atoms with van der Waals surface area (Å²) in [5.74, 6) is 0.826. The van der Waals surface area contributed by atoms with E-state index >= 15 is 0 Å². The minimum absolute atomic E-state index is 0. The highest BCUT2D eigenvalue weighted by Gasteiger charge is 2.07. The summed E-state index contributed by atoms with van der Waals surface area (Å²) >= 11 is 0. The zero-order valence-electron chi connectivity index (χ0n) is 16.0. The van der Waals surface area contributed by atoms with E-state index < -0.39 is 0 Å². The van der Waals surface area contributed by atoms with E-state index in [9.17, 15) is 4.79 Å². The maximum absolute atomic E-state index is 11.5. The van der Waals surface area contributed by atoms with Crippen molar-refractivity contribution in [3.8, 4) is 0 Å². The highest BCUT2D eigenvalue weighted by molar-refractivity contribution is 14.0. The van der Waals surface area contributed by atoms with Crippen LogP contribution < -0.4 is 16.0 Å². The molecule has 6 nitrogen and oxygen atoms in total. The lowest BCUT2D eigenvalue weighted by atomic mass is 10.1. The summed E-state index contributed by atoms with van der Waals surface area (Å²) in [4.78, 5) is 19.0. The van der Waals surface area contributed by atoms with Crippen molar-refractivity contribution < 1.29 is 4.79 Å². The van der Waals surface area contributed by atoms with Crippen molar-refractivity contribution in [2.24, 2.45) is 10.9 Å². The van der Waals surface area contributed by atoms with Gasteiger partial charge in [-0.2, -0.15) is 0 Å². The number of carbonyl (C=O) groups excluding carboxylic acids is 1. The van der Waals surface area contributed by atoms with Crippen molar-refractivity contribution in [2.75, 3.05) is 26.7 Å². The molecule has 2 rings (SSSR count). The van der Waals surface area contributed by atoms with Crippen LogP contribution in [0.3, 0.4) is 0 Å². The second-order valence-corrected chi connectivity index (χ2v) is 6.43. The number of halogens is 1. The maximum Gasteiger partial charge on any atom is 0.222 e. The van der Waals surface area contributed by atoms with Gasteiger partial charge in [-0.05, 0) is 30.5 Å². The lowest BCUT2D eigenvalue weighted by Gasteiger charge is -2.13. The number of aliphatic imine (C=N–C) groups is 1. The van der Waals surface area contributed by atoms with E-state index in [0.717, 1.165) is 18.9 Å². The third kappa shape index (κ3) is 6.19. The predicted molar refractivity (Wildman–Crippen MR) is 119 cm³/mol. The molecule has 4 N–H and O–H groups in total. The zero-order chi connectivity index (χ0) is 18.2. The summed E-state index contributed by atoms with van der Waals surface area (Å²) < 4.78 is 0. The van der Waals surface area contributed by atoms with Gasteiger partial charge in [0.1, 0.15) is 0 Å². The number of hydrogen-bond donors (Lipinski definition) is 4. The molecule has 0 atom stereocenters. The molecule has 0 radical (unpaired) electrons. The molecule has 1 aromatic heterocycles. The van der Waals surface area contributed by atoms with E-state index in [1.165, 1.54) is 22.0 Å². The Morgan fingerprint density at radius 2 is 1.85 bits per heavy atom. The Balaban J connectivity index is 0.00000338. The zero-order valence-corrected chi connectivity index (χ0v) is 18.3. The van der Waals surface area contributed by atoms with Crippen molar-refractivity contribution in [3.05, 3.63) is 35.5 Å². The first-order chi connectivity index (χ1) is 12.0. The number of rotatable bonds is 7. The van der Waals surface area contributed by atoms with Crippen molar-refractivity contribution in [1.82, 2.24) is 20.9 Å². The summed E-state index contributed by atoms with van der Waals surface area (Å²) in [6.45, 7) is 7.92. The maximum atomic E-state index is 11.5. The molecule has 2 aromatic rings. The van der Waals surface area contributed by atoms with Gasteiger partial charge in [0, 0.05) is 49.7 Å². The minimum atomic E-state index is 0. The molecule has 0 fully saturated rings. The third-order valence-corrected chi connectivity index (χ3v) is 4.15. The van der Waals surface area contributed by atoms with E-state index in [0.29, 0.717) is 13.1 Å². The first-order valence-electron chi connectivity index (χ1n) is 8.80. The van der Waals surface area contributed by atoms with Crippen LogP contribution in [0.2, 0.25) is 0 Å². The van der Waals surface area contributed by atoms with Crippen LogP contribution in [0.15, 0.2) is 29.4 Å². The summed E-state index contributed by atoms with van der Waals surface area (Å²) in [7, 11) is 1.75. The van der Waals surface area contributed by atoms with Gasteiger partial charge in [0.25, 0.3) is 0 Å². The second-order valence-electron chi connectivity index (χ2n) is 6.43. The minimum Gasteiger partial charge on any atom is -0.361 e. The number of aromatic nitrogens is 1. The predicted octanol–water partition coefficient (Wildman–Crippen LogP) is 2.57. The molecule has 0 aliphatic carbocycles. The Kier molecular flexibility index (Phi) is 9.47. The van der Waals surface area contributed by atoms with Gasteiger partial charge in [-0.3, -0.25) is 9.79 Å². The summed E-state index contributed by atoms with van der Waals surface area (Å²) in [6, 6.07) is 6.31. The Labute approximate surface area is 172 Å². The van der Waals surface area contributed by atoms with Gasteiger partial charge in [-0.25, -0.2) is 0 Å². The standard InChI is InChI=1S/C19H29N5O.HI/c1-13(2)18(25)21-10-11-23-19(20-4)22-9-8-15-12-24-16-7-5-6-14(3)17(15)16;/h5-7,12-13,24H,8-11H2,1-4H3,(H,21,25)(H2,20,22,23);1H. The lowest BCUT2D eigenvalue weighted by Crippen LogP contribution is -2.42. The van der Waals surface area contributed by atoms with E-state index in [-0.39, 0.29) is 35.8 Å². The normalized spacial score (nSPS) is 11.3. The van der Waals surface area contributed by atoms with E-state index in [1.54, 1.807) is 7.05 Å². The van der Waals surface area contributed by atoms with Crippen LogP contribution in [0, 0.1) is 12.8 Å². The van der Waals surface area contributed by atoms with Crippen LogP contribution in [-0.4, -0.2) is 43.5 Å². The molecule has 0 aliphatic heterocycles. The fourth-order valence-corrected chi connectivity index (χ4v) is 2.76. The monoisotopic (exact) mass is 471 g/mol. The molecule has 1 aromatic carbocycles. The molecule has 26 heavy (non-hydrogen) atoms. The first kappa shape index (κ1) is 22.3. The molecule has 1 amide bonds. The van der Waals surface area contributed by atoms with Gasteiger partial charge in [0.15, 0.2) is 5.96 Å². The smallest absolute Gasteiger partial charge is 0.222 e. The largest absolute Gasteiger partial charge is 0.361 e. The molecule has 0 bridgehead atoms. The number of guanidine groups is 1. The Morgan fingerprint density at radius 1 is 1.15 bits per heavy atom. The molecule has 7 heteroatoms. The summed E-state index contributed by atoms with van der Waals surface area (Å²) in [5, 5.41) is 10.7. The molecule has 0 saturated carbocycles. The molecule has 0 aliphatic rings. The number of fused-ring (bicyclic) bond motifs is 1. The molecule has 1 heterocycles. The topological polar surface area (TPSA) is 81.3 Å². The van der Waals surface area contributed by atoms with E-state index in [4.69, 9.17) is 0 Å². The van der Waals surface area contributed by atoms with Crippen LogP contribution in [0.5, 0.6) is 0 Å². The van der Waals surface area contributed by atoms with Crippen molar-refractivity contribution in [3.63, 3.8) is 0 Å². The van der Waals surface area contributed by atoms with Crippen LogP contribution in [0.25, 0.3) is 10.9 Å². The second kappa shape index (κ2) is 11.1. The third-order valence-electron chi connectivity index (χ3n) is 4.15. The highest BCUT2D eigenvalue weighted by atomic mass is 127. The molecule has 0 saturated heterocycles. The van der Waals surface area contributed by atoms with Gasteiger partial charge in [0.05, 0.1) is 0 Å².